The topological polar surface area (TPSA) is 66.4 Å². The summed E-state index contributed by atoms with van der Waals surface area (Å²) in [5.74, 6) is -1.39. The van der Waals surface area contributed by atoms with Crippen LogP contribution in [0.2, 0.25) is 10.0 Å². The summed E-state index contributed by atoms with van der Waals surface area (Å²) in [5, 5.41) is 12.0. The molecular weight excluding hydrogens is 277 g/mol. The molecule has 98 valence electrons. The first-order chi connectivity index (χ1) is 8.40. The first kappa shape index (κ1) is 14.8. The molecule has 0 aliphatic heterocycles. The fraction of sp³-hybridized carbons (Fsp3) is 0.333. The highest BCUT2D eigenvalue weighted by molar-refractivity contribution is 6.35. The molecule has 6 heteroatoms. The number of hydrogen-bond donors (Lipinski definition) is 2. The largest absolute Gasteiger partial charge is 0.480 e. The molecule has 0 saturated carbocycles. The van der Waals surface area contributed by atoms with E-state index >= 15 is 0 Å². The van der Waals surface area contributed by atoms with Crippen LogP contribution < -0.4 is 5.32 Å². The number of aryl methyl sites for hydroxylation is 1. The maximum Gasteiger partial charge on any atom is 0.325 e. The van der Waals surface area contributed by atoms with Crippen LogP contribution in [-0.4, -0.2) is 23.0 Å². The number of halogens is 2. The Morgan fingerprint density at radius 3 is 2.61 bits per heavy atom. The Morgan fingerprint density at radius 2 is 2.06 bits per heavy atom. The van der Waals surface area contributed by atoms with Crippen LogP contribution >= 0.6 is 23.2 Å². The maximum absolute atomic E-state index is 11.5. The Bertz CT molecular complexity index is 463. The lowest BCUT2D eigenvalue weighted by Crippen LogP contribution is -2.38. The molecule has 0 aliphatic carbocycles. The van der Waals surface area contributed by atoms with E-state index in [2.05, 4.69) is 5.32 Å². The normalized spacial score (nSPS) is 11.9. The highest BCUT2D eigenvalue weighted by Crippen LogP contribution is 2.21. The van der Waals surface area contributed by atoms with Crippen molar-refractivity contribution >= 4 is 35.1 Å². The molecule has 0 aliphatic rings. The van der Waals surface area contributed by atoms with Crippen molar-refractivity contribution in [3.63, 3.8) is 0 Å². The molecule has 2 N–H and O–H groups in total. The molecular formula is C12H13Cl2NO3. The van der Waals surface area contributed by atoms with Gasteiger partial charge in [-0.25, -0.2) is 0 Å². The van der Waals surface area contributed by atoms with Gasteiger partial charge < -0.3 is 10.4 Å². The van der Waals surface area contributed by atoms with Crippen molar-refractivity contribution in [3.05, 3.63) is 33.8 Å². The molecule has 0 fully saturated rings. The summed E-state index contributed by atoms with van der Waals surface area (Å²) in [5.41, 5.74) is 0.805. The summed E-state index contributed by atoms with van der Waals surface area (Å²) in [6.07, 6.45) is 0.618. The summed E-state index contributed by atoms with van der Waals surface area (Å²) >= 11 is 11.7. The molecule has 1 atom stereocenters. The number of benzene rings is 1. The number of nitrogens with one attached hydrogen (secondary N) is 1. The highest BCUT2D eigenvalue weighted by atomic mass is 35.5. The molecule has 0 unspecified atom stereocenters. The lowest BCUT2D eigenvalue weighted by atomic mass is 10.1. The van der Waals surface area contributed by atoms with Gasteiger partial charge in [-0.3, -0.25) is 9.59 Å². The number of aliphatic carboxylic acids is 1. The van der Waals surface area contributed by atoms with Crippen molar-refractivity contribution in [2.45, 2.75) is 25.8 Å². The standard InChI is InChI=1S/C12H13Cl2NO3/c1-7(12(17)18)15-11(16)5-3-8-2-4-9(13)6-10(8)14/h2,4,6-7H,3,5H2,1H3,(H,15,16)(H,17,18)/t7-/m1/s1. The average molecular weight is 290 g/mol. The van der Waals surface area contributed by atoms with Crippen molar-refractivity contribution in [2.24, 2.45) is 0 Å². The lowest BCUT2D eigenvalue weighted by Gasteiger charge is -2.09. The summed E-state index contributed by atoms with van der Waals surface area (Å²) in [6, 6.07) is 4.16. The van der Waals surface area contributed by atoms with Crippen LogP contribution in [0.5, 0.6) is 0 Å². The van der Waals surface area contributed by atoms with Gasteiger partial charge in [-0.05, 0) is 31.0 Å². The van der Waals surface area contributed by atoms with E-state index in [4.69, 9.17) is 28.3 Å². The fourth-order valence-electron chi connectivity index (χ4n) is 1.35. The third kappa shape index (κ3) is 4.55. The Hall–Kier alpha value is -1.26. The SMILES string of the molecule is C[C@@H](NC(=O)CCc1ccc(Cl)cc1Cl)C(=O)O. The molecule has 1 aromatic carbocycles. The first-order valence-electron chi connectivity index (χ1n) is 5.36. The molecule has 0 aromatic heterocycles. The molecule has 1 amide bonds. The van der Waals surface area contributed by atoms with E-state index in [9.17, 15) is 9.59 Å². The van der Waals surface area contributed by atoms with Gasteiger partial charge in [0.2, 0.25) is 5.91 Å². The predicted molar refractivity (Wildman–Crippen MR) is 70.0 cm³/mol. The fourth-order valence-corrected chi connectivity index (χ4v) is 1.85. The van der Waals surface area contributed by atoms with Crippen molar-refractivity contribution in [3.8, 4) is 0 Å². The van der Waals surface area contributed by atoms with Crippen molar-refractivity contribution in [2.75, 3.05) is 0 Å². The van der Waals surface area contributed by atoms with Crippen molar-refractivity contribution in [1.29, 1.82) is 0 Å². The number of amides is 1. The van der Waals surface area contributed by atoms with Crippen molar-refractivity contribution < 1.29 is 14.7 Å². The van der Waals surface area contributed by atoms with Gasteiger partial charge in [0.1, 0.15) is 6.04 Å². The highest BCUT2D eigenvalue weighted by Gasteiger charge is 2.14. The van der Waals surface area contributed by atoms with Crippen LogP contribution in [0.15, 0.2) is 18.2 Å². The maximum atomic E-state index is 11.5. The van der Waals surface area contributed by atoms with Gasteiger partial charge >= 0.3 is 5.97 Å². The number of carbonyl (C=O) groups excluding carboxylic acids is 1. The predicted octanol–water partition coefficient (Wildman–Crippen LogP) is 2.52. The summed E-state index contributed by atoms with van der Waals surface area (Å²) in [4.78, 5) is 22.0. The average Bonchev–Trinajstić information content (AvgIpc) is 2.27. The monoisotopic (exact) mass is 289 g/mol. The van der Waals surface area contributed by atoms with Crippen LogP contribution in [0.25, 0.3) is 0 Å². The molecule has 0 radical (unpaired) electrons. The Kier molecular flexibility index (Phi) is 5.44. The lowest BCUT2D eigenvalue weighted by molar-refractivity contribution is -0.141. The number of carboxylic acid groups (broad SMARTS) is 1. The van der Waals surface area contributed by atoms with E-state index in [1.807, 2.05) is 0 Å². The van der Waals surface area contributed by atoms with E-state index in [1.165, 1.54) is 6.92 Å². The second kappa shape index (κ2) is 6.61. The molecule has 0 heterocycles. The Morgan fingerprint density at radius 1 is 1.39 bits per heavy atom. The Labute approximate surface area is 115 Å². The third-order valence-electron chi connectivity index (χ3n) is 2.38. The summed E-state index contributed by atoms with van der Waals surface area (Å²) < 4.78 is 0. The zero-order valence-electron chi connectivity index (χ0n) is 9.74. The number of carbonyl (C=O) groups is 2. The van der Waals surface area contributed by atoms with E-state index < -0.39 is 12.0 Å². The molecule has 1 rings (SSSR count). The number of hydrogen-bond acceptors (Lipinski definition) is 2. The van der Waals surface area contributed by atoms with Gasteiger partial charge in [-0.1, -0.05) is 29.3 Å². The molecule has 18 heavy (non-hydrogen) atoms. The van der Waals surface area contributed by atoms with Gasteiger partial charge in [0.05, 0.1) is 0 Å². The van der Waals surface area contributed by atoms with Crippen LogP contribution in [0.1, 0.15) is 18.9 Å². The van der Waals surface area contributed by atoms with E-state index in [1.54, 1.807) is 18.2 Å². The van der Waals surface area contributed by atoms with Crippen LogP contribution in [0.3, 0.4) is 0 Å². The smallest absolute Gasteiger partial charge is 0.325 e. The zero-order valence-corrected chi connectivity index (χ0v) is 11.3. The van der Waals surface area contributed by atoms with Crippen molar-refractivity contribution in [1.82, 2.24) is 5.32 Å². The van der Waals surface area contributed by atoms with Gasteiger partial charge in [0.25, 0.3) is 0 Å². The summed E-state index contributed by atoms with van der Waals surface area (Å²) in [6.45, 7) is 1.41. The minimum atomic E-state index is -1.06. The minimum absolute atomic E-state index is 0.180. The third-order valence-corrected chi connectivity index (χ3v) is 2.97. The van der Waals surface area contributed by atoms with Crippen LogP contribution in [0, 0.1) is 0 Å². The minimum Gasteiger partial charge on any atom is -0.480 e. The number of carboxylic acids is 1. The van der Waals surface area contributed by atoms with Gasteiger partial charge in [0.15, 0.2) is 0 Å². The molecule has 1 aromatic rings. The molecule has 4 nitrogen and oxygen atoms in total. The second-order valence-corrected chi connectivity index (χ2v) is 4.71. The number of rotatable bonds is 5. The van der Waals surface area contributed by atoms with Crippen LogP contribution in [-0.2, 0) is 16.0 Å². The van der Waals surface area contributed by atoms with E-state index in [0.29, 0.717) is 16.5 Å². The summed E-state index contributed by atoms with van der Waals surface area (Å²) in [7, 11) is 0. The van der Waals surface area contributed by atoms with Gasteiger partial charge in [-0.15, -0.1) is 0 Å². The zero-order chi connectivity index (χ0) is 13.7. The van der Waals surface area contributed by atoms with Gasteiger partial charge in [0, 0.05) is 16.5 Å². The molecule has 0 saturated heterocycles. The second-order valence-electron chi connectivity index (χ2n) is 3.86. The molecule has 0 spiro atoms. The molecule has 0 bridgehead atoms. The first-order valence-corrected chi connectivity index (χ1v) is 6.12. The van der Waals surface area contributed by atoms with E-state index in [-0.39, 0.29) is 12.3 Å². The van der Waals surface area contributed by atoms with Gasteiger partial charge in [-0.2, -0.15) is 0 Å². The quantitative estimate of drug-likeness (QED) is 0.875. The van der Waals surface area contributed by atoms with E-state index in [0.717, 1.165) is 5.56 Å². The Balaban J connectivity index is 2.50. The van der Waals surface area contributed by atoms with Crippen LogP contribution in [0.4, 0.5) is 0 Å².